The zero-order valence-electron chi connectivity index (χ0n) is 15.9. The maximum Gasteiger partial charge on any atom is 0.318 e. The molecule has 8 nitrogen and oxygen atoms in total. The molecule has 0 atom stereocenters. The van der Waals surface area contributed by atoms with Crippen LogP contribution in [0.3, 0.4) is 0 Å². The molecule has 0 fully saturated rings. The molecule has 0 amide bonds. The van der Waals surface area contributed by atoms with Crippen LogP contribution in [-0.4, -0.2) is 9.85 Å². The maximum absolute atomic E-state index is 11.2. The molecule has 0 aliphatic rings. The van der Waals surface area contributed by atoms with E-state index in [1.807, 2.05) is 38.1 Å². The van der Waals surface area contributed by atoms with Crippen LogP contribution in [-0.2, 0) is 6.54 Å². The number of nitrogens with one attached hydrogen (secondary N) is 1. The molecule has 8 heteroatoms. The van der Waals surface area contributed by atoms with Gasteiger partial charge in [-0.3, -0.25) is 20.2 Å². The molecule has 1 N–H and O–H groups in total. The van der Waals surface area contributed by atoms with Crippen LogP contribution in [0, 0.1) is 34.1 Å². The fraction of sp³-hybridized carbons (Fsp3) is 0.143. The fourth-order valence-electron chi connectivity index (χ4n) is 2.86. The summed E-state index contributed by atoms with van der Waals surface area (Å²) < 4.78 is 5.57. The zero-order valence-corrected chi connectivity index (χ0v) is 15.9. The molecule has 0 aromatic heterocycles. The molecule has 29 heavy (non-hydrogen) atoms. The van der Waals surface area contributed by atoms with E-state index < -0.39 is 15.5 Å². The van der Waals surface area contributed by atoms with Gasteiger partial charge in [-0.2, -0.15) is 0 Å². The van der Waals surface area contributed by atoms with Crippen molar-refractivity contribution in [1.82, 2.24) is 0 Å². The third-order valence-corrected chi connectivity index (χ3v) is 4.37. The fourth-order valence-corrected chi connectivity index (χ4v) is 2.86. The molecule has 3 rings (SSSR count). The highest BCUT2D eigenvalue weighted by Gasteiger charge is 2.21. The first kappa shape index (κ1) is 19.8. The number of aryl methyl sites for hydroxylation is 2. The lowest BCUT2D eigenvalue weighted by atomic mass is 10.1. The highest BCUT2D eigenvalue weighted by Crippen LogP contribution is 2.34. The first-order chi connectivity index (χ1) is 13.8. The van der Waals surface area contributed by atoms with Gasteiger partial charge in [-0.25, -0.2) is 0 Å². The minimum Gasteiger partial charge on any atom is -0.450 e. The Morgan fingerprint density at radius 2 is 1.62 bits per heavy atom. The van der Waals surface area contributed by atoms with Crippen LogP contribution in [0.2, 0.25) is 0 Å². The van der Waals surface area contributed by atoms with E-state index in [0.29, 0.717) is 12.3 Å². The maximum atomic E-state index is 11.2. The molecular weight excluding hydrogens is 374 g/mol. The molecule has 148 valence electrons. The molecule has 0 aliphatic carbocycles. The summed E-state index contributed by atoms with van der Waals surface area (Å²) in [4.78, 5) is 20.6. The van der Waals surface area contributed by atoms with Crippen LogP contribution in [0.5, 0.6) is 11.5 Å². The van der Waals surface area contributed by atoms with Crippen molar-refractivity contribution in [2.45, 2.75) is 20.4 Å². The third kappa shape index (κ3) is 4.86. The van der Waals surface area contributed by atoms with Gasteiger partial charge in [0.25, 0.3) is 5.69 Å². The molecule has 0 aliphatic heterocycles. The smallest absolute Gasteiger partial charge is 0.318 e. The monoisotopic (exact) mass is 393 g/mol. The molecule has 3 aromatic carbocycles. The summed E-state index contributed by atoms with van der Waals surface area (Å²) in [5, 5.41) is 25.4. The van der Waals surface area contributed by atoms with Crippen LogP contribution in [0.4, 0.5) is 17.1 Å². The van der Waals surface area contributed by atoms with E-state index in [0.717, 1.165) is 22.9 Å². The Labute approximate surface area is 167 Å². The number of rotatable bonds is 7. The topological polar surface area (TPSA) is 108 Å². The van der Waals surface area contributed by atoms with Crippen LogP contribution in [0.1, 0.15) is 16.7 Å². The molecule has 0 unspecified atom stereocenters. The second-order valence-corrected chi connectivity index (χ2v) is 6.58. The normalized spacial score (nSPS) is 10.4. The summed E-state index contributed by atoms with van der Waals surface area (Å²) in [7, 11) is 0. The zero-order chi connectivity index (χ0) is 21.0. The van der Waals surface area contributed by atoms with E-state index in [1.54, 1.807) is 12.1 Å². The Bertz CT molecular complexity index is 1060. The first-order valence-electron chi connectivity index (χ1n) is 8.84. The molecule has 0 saturated heterocycles. The van der Waals surface area contributed by atoms with Crippen molar-refractivity contribution >= 4 is 17.1 Å². The lowest BCUT2D eigenvalue weighted by Crippen LogP contribution is -2.01. The molecule has 3 aromatic rings. The van der Waals surface area contributed by atoms with Crippen molar-refractivity contribution in [1.29, 1.82) is 0 Å². The predicted octanol–water partition coefficient (Wildman–Crippen LogP) is 5.52. The summed E-state index contributed by atoms with van der Waals surface area (Å²) >= 11 is 0. The van der Waals surface area contributed by atoms with E-state index in [2.05, 4.69) is 11.4 Å². The Kier molecular flexibility index (Phi) is 5.73. The van der Waals surface area contributed by atoms with Gasteiger partial charge in [0.05, 0.1) is 15.9 Å². The quantitative estimate of drug-likeness (QED) is 0.418. The van der Waals surface area contributed by atoms with Crippen molar-refractivity contribution in [2.24, 2.45) is 0 Å². The van der Waals surface area contributed by atoms with Crippen LogP contribution < -0.4 is 10.1 Å². The number of non-ortho nitro benzene ring substituents is 1. The van der Waals surface area contributed by atoms with E-state index >= 15 is 0 Å². The largest absolute Gasteiger partial charge is 0.450 e. The Morgan fingerprint density at radius 1 is 0.897 bits per heavy atom. The number of ether oxygens (including phenoxy) is 1. The molecule has 0 radical (unpaired) electrons. The highest BCUT2D eigenvalue weighted by molar-refractivity contribution is 5.55. The molecule has 0 spiro atoms. The number of hydrogen-bond donors (Lipinski definition) is 1. The second kappa shape index (κ2) is 8.39. The van der Waals surface area contributed by atoms with Crippen molar-refractivity contribution < 1.29 is 14.6 Å². The van der Waals surface area contributed by atoms with Gasteiger partial charge in [0.2, 0.25) is 5.75 Å². The van der Waals surface area contributed by atoms with Gasteiger partial charge in [0, 0.05) is 18.3 Å². The minimum absolute atomic E-state index is 0.0539. The number of nitrogens with zero attached hydrogens (tertiary/aromatic N) is 2. The summed E-state index contributed by atoms with van der Waals surface area (Å²) in [6.45, 7) is 4.70. The van der Waals surface area contributed by atoms with Crippen LogP contribution >= 0.6 is 0 Å². The summed E-state index contributed by atoms with van der Waals surface area (Å²) in [5.74, 6) is 0.346. The van der Waals surface area contributed by atoms with Gasteiger partial charge in [-0.1, -0.05) is 29.8 Å². The van der Waals surface area contributed by atoms with E-state index in [4.69, 9.17) is 4.74 Å². The van der Waals surface area contributed by atoms with E-state index in [9.17, 15) is 20.2 Å². The van der Waals surface area contributed by atoms with Crippen molar-refractivity contribution in [2.75, 3.05) is 5.32 Å². The van der Waals surface area contributed by atoms with Crippen molar-refractivity contribution in [3.8, 4) is 11.5 Å². The number of hydrogen-bond acceptors (Lipinski definition) is 6. The summed E-state index contributed by atoms with van der Waals surface area (Å²) in [5.41, 5.74) is 3.61. The van der Waals surface area contributed by atoms with Gasteiger partial charge in [0.1, 0.15) is 5.75 Å². The average Bonchev–Trinajstić information content (AvgIpc) is 2.68. The number of anilines is 1. The molecular formula is C21H19N3O5. The number of nitro groups is 2. The Balaban J connectivity index is 1.70. The minimum atomic E-state index is -0.704. The second-order valence-electron chi connectivity index (χ2n) is 6.58. The van der Waals surface area contributed by atoms with Crippen LogP contribution in [0.15, 0.2) is 60.7 Å². The van der Waals surface area contributed by atoms with Gasteiger partial charge < -0.3 is 10.1 Å². The lowest BCUT2D eigenvalue weighted by molar-refractivity contribution is -0.394. The number of nitro benzene ring substituents is 2. The molecule has 0 bridgehead atoms. The van der Waals surface area contributed by atoms with Crippen molar-refractivity contribution in [3.05, 3.63) is 97.6 Å². The van der Waals surface area contributed by atoms with Crippen molar-refractivity contribution in [3.63, 3.8) is 0 Å². The van der Waals surface area contributed by atoms with E-state index in [1.165, 1.54) is 17.7 Å². The average molecular weight is 393 g/mol. The summed E-state index contributed by atoms with van der Waals surface area (Å²) in [6.07, 6.45) is 0. The van der Waals surface area contributed by atoms with E-state index in [-0.39, 0.29) is 11.4 Å². The van der Waals surface area contributed by atoms with Gasteiger partial charge in [0.15, 0.2) is 0 Å². The van der Waals surface area contributed by atoms with Gasteiger partial charge in [-0.05, 0) is 49.2 Å². The lowest BCUT2D eigenvalue weighted by Gasteiger charge is -2.11. The SMILES string of the molecule is Cc1ccc(NCc2ccc(Oc3ccc([N+](=O)[O-])cc3[N+](=O)[O-])cc2)c(C)c1. The van der Waals surface area contributed by atoms with Gasteiger partial charge >= 0.3 is 5.69 Å². The Morgan fingerprint density at radius 3 is 2.24 bits per heavy atom. The molecule has 0 heterocycles. The third-order valence-electron chi connectivity index (χ3n) is 4.37. The molecule has 0 saturated carbocycles. The van der Waals surface area contributed by atoms with Crippen LogP contribution in [0.25, 0.3) is 0 Å². The van der Waals surface area contributed by atoms with Gasteiger partial charge in [-0.15, -0.1) is 0 Å². The predicted molar refractivity (Wildman–Crippen MR) is 110 cm³/mol. The summed E-state index contributed by atoms with van der Waals surface area (Å²) in [6, 6.07) is 16.6. The standard InChI is InChI=1S/C21H19N3O5/c1-14-3-9-19(15(2)11-14)22-13-16-4-7-18(8-5-16)29-21-10-6-17(23(25)26)12-20(21)24(27)28/h3-12,22H,13H2,1-2H3. The first-order valence-corrected chi connectivity index (χ1v) is 8.84. The Hall–Kier alpha value is -3.94. The highest BCUT2D eigenvalue weighted by atomic mass is 16.6. The number of benzene rings is 3.